The fraction of sp³-hybridized carbons (Fsp3) is 0.719. The highest BCUT2D eigenvalue weighted by molar-refractivity contribution is 5.72. The zero-order chi connectivity index (χ0) is 30.9. The SMILES string of the molecule is CC[C@H](O)[C@@H](C)[C@H]1O[C@@H]1C[C@@H](C)/C=C/C=C(\C)[C@@H]1OC(=O)C[C@H](OC(C)=O)CC[C@@](C)(O)[C@@H](OC(C)=O)/C=C/[C@@H]1C. The highest BCUT2D eigenvalue weighted by atomic mass is 16.6. The van der Waals surface area contributed by atoms with Crippen LogP contribution in [0, 0.1) is 17.8 Å². The number of allylic oxidation sites excluding steroid dienone is 3. The van der Waals surface area contributed by atoms with E-state index in [2.05, 4.69) is 13.0 Å². The molecule has 2 aliphatic rings. The van der Waals surface area contributed by atoms with Crippen LogP contribution in [-0.2, 0) is 33.3 Å². The summed E-state index contributed by atoms with van der Waals surface area (Å²) in [6, 6.07) is 0. The predicted octanol–water partition coefficient (Wildman–Crippen LogP) is 4.59. The predicted molar refractivity (Wildman–Crippen MR) is 155 cm³/mol. The maximum Gasteiger partial charge on any atom is 0.310 e. The Morgan fingerprint density at radius 2 is 1.83 bits per heavy atom. The lowest BCUT2D eigenvalue weighted by molar-refractivity contribution is -0.160. The quantitative estimate of drug-likeness (QED) is 0.126. The molecule has 1 saturated heterocycles. The summed E-state index contributed by atoms with van der Waals surface area (Å²) in [6.45, 7) is 13.9. The molecule has 0 spiro atoms. The number of carbonyl (C=O) groups is 3. The summed E-state index contributed by atoms with van der Waals surface area (Å²) >= 11 is 0. The molecule has 0 aromatic carbocycles. The molecule has 2 rings (SSSR count). The molecule has 0 aliphatic carbocycles. The molecule has 41 heavy (non-hydrogen) atoms. The molecular weight excluding hydrogens is 528 g/mol. The van der Waals surface area contributed by atoms with Crippen molar-refractivity contribution in [3.05, 3.63) is 36.0 Å². The van der Waals surface area contributed by atoms with Crippen molar-refractivity contribution in [1.82, 2.24) is 0 Å². The Bertz CT molecular complexity index is 982. The number of aliphatic hydroxyl groups is 2. The first-order valence-corrected chi connectivity index (χ1v) is 14.8. The molecule has 9 heteroatoms. The van der Waals surface area contributed by atoms with Crippen LogP contribution in [0.15, 0.2) is 36.0 Å². The maximum absolute atomic E-state index is 12.9. The van der Waals surface area contributed by atoms with Crippen molar-refractivity contribution in [2.24, 2.45) is 17.8 Å². The first kappa shape index (κ1) is 34.7. The second kappa shape index (κ2) is 15.7. The van der Waals surface area contributed by atoms with Gasteiger partial charge in [-0.25, -0.2) is 0 Å². The lowest BCUT2D eigenvalue weighted by atomic mass is 9.88. The van der Waals surface area contributed by atoms with Crippen LogP contribution >= 0.6 is 0 Å². The number of epoxide rings is 1. The number of carbonyl (C=O) groups excluding carboxylic acids is 3. The van der Waals surface area contributed by atoms with Crippen LogP contribution in [-0.4, -0.2) is 70.3 Å². The number of ether oxygens (including phenoxy) is 4. The highest BCUT2D eigenvalue weighted by Crippen LogP contribution is 2.36. The third kappa shape index (κ3) is 11.4. The minimum Gasteiger partial charge on any atom is -0.462 e. The van der Waals surface area contributed by atoms with Gasteiger partial charge >= 0.3 is 17.9 Å². The summed E-state index contributed by atoms with van der Waals surface area (Å²) < 4.78 is 22.5. The highest BCUT2D eigenvalue weighted by Gasteiger charge is 2.45. The number of aliphatic hydroxyl groups excluding tert-OH is 1. The fourth-order valence-corrected chi connectivity index (χ4v) is 5.29. The molecule has 232 valence electrons. The van der Waals surface area contributed by atoms with Crippen molar-refractivity contribution in [1.29, 1.82) is 0 Å². The van der Waals surface area contributed by atoms with Gasteiger partial charge in [-0.05, 0) is 57.1 Å². The van der Waals surface area contributed by atoms with Gasteiger partial charge in [0.05, 0.1) is 24.7 Å². The number of cyclic esters (lactones) is 1. The fourth-order valence-electron chi connectivity index (χ4n) is 5.29. The van der Waals surface area contributed by atoms with Crippen molar-refractivity contribution in [3.63, 3.8) is 0 Å². The minimum absolute atomic E-state index is 0.0914. The van der Waals surface area contributed by atoms with E-state index in [0.717, 1.165) is 12.0 Å². The molecule has 0 bridgehead atoms. The molecule has 0 saturated carbocycles. The van der Waals surface area contributed by atoms with E-state index >= 15 is 0 Å². The Morgan fingerprint density at radius 3 is 2.44 bits per heavy atom. The van der Waals surface area contributed by atoms with Crippen LogP contribution < -0.4 is 0 Å². The molecule has 0 radical (unpaired) electrons. The van der Waals surface area contributed by atoms with Crippen molar-refractivity contribution in [2.75, 3.05) is 0 Å². The zero-order valence-corrected chi connectivity index (χ0v) is 25.9. The van der Waals surface area contributed by atoms with Gasteiger partial charge in [-0.1, -0.05) is 52.0 Å². The average molecular weight is 579 g/mol. The zero-order valence-electron chi connectivity index (χ0n) is 25.9. The Hall–Kier alpha value is -2.49. The second-order valence-corrected chi connectivity index (χ2v) is 12.0. The molecule has 0 unspecified atom stereocenters. The van der Waals surface area contributed by atoms with E-state index in [1.54, 1.807) is 19.1 Å². The summed E-state index contributed by atoms with van der Waals surface area (Å²) in [5.74, 6) is -1.54. The van der Waals surface area contributed by atoms with Crippen LogP contribution in [0.4, 0.5) is 0 Å². The third-order valence-corrected chi connectivity index (χ3v) is 7.95. The van der Waals surface area contributed by atoms with Crippen LogP contribution in [0.3, 0.4) is 0 Å². The largest absolute Gasteiger partial charge is 0.462 e. The molecule has 2 N–H and O–H groups in total. The molecule has 9 nitrogen and oxygen atoms in total. The molecule has 2 heterocycles. The standard InChI is InChI=1S/C32H50O9/c1-9-26(35)22(5)31-27(40-31)17-19(2)11-10-12-20(3)30-21(4)13-14-28(39-24(7)34)32(8,37)16-15-25(38-23(6)33)18-29(36)41-30/h10-14,19,21-22,25-28,30-31,35,37H,9,15-18H2,1-8H3/b11-10+,14-13+,20-12+/t19-,21-,22+,25+,26-,27+,28-,30-,31+,32+/m0/s1. The molecule has 10 atom stereocenters. The van der Waals surface area contributed by atoms with Crippen LogP contribution in [0.1, 0.15) is 87.5 Å². The lowest BCUT2D eigenvalue weighted by Crippen LogP contribution is -2.42. The average Bonchev–Trinajstić information content (AvgIpc) is 3.64. The molecule has 1 fully saturated rings. The van der Waals surface area contributed by atoms with Gasteiger partial charge < -0.3 is 29.2 Å². The summed E-state index contributed by atoms with van der Waals surface area (Å²) in [7, 11) is 0. The van der Waals surface area contributed by atoms with Crippen molar-refractivity contribution < 1.29 is 43.5 Å². The summed E-state index contributed by atoms with van der Waals surface area (Å²) in [5, 5.41) is 21.2. The Labute approximate surface area is 244 Å². The van der Waals surface area contributed by atoms with Crippen molar-refractivity contribution in [3.8, 4) is 0 Å². The molecular formula is C32H50O9. The van der Waals surface area contributed by atoms with E-state index in [1.165, 1.54) is 13.8 Å². The Balaban J connectivity index is 2.20. The molecule has 0 aromatic heterocycles. The second-order valence-electron chi connectivity index (χ2n) is 12.0. The van der Waals surface area contributed by atoms with Crippen LogP contribution in [0.25, 0.3) is 0 Å². The lowest BCUT2D eigenvalue weighted by Gasteiger charge is -2.33. The van der Waals surface area contributed by atoms with Gasteiger partial charge in [0.2, 0.25) is 0 Å². The minimum atomic E-state index is -1.45. The van der Waals surface area contributed by atoms with Gasteiger partial charge in [0.25, 0.3) is 0 Å². The first-order valence-electron chi connectivity index (χ1n) is 14.8. The van der Waals surface area contributed by atoms with Gasteiger partial charge in [-0.2, -0.15) is 0 Å². The van der Waals surface area contributed by atoms with E-state index in [0.29, 0.717) is 6.42 Å². The first-order chi connectivity index (χ1) is 19.1. The number of hydrogen-bond acceptors (Lipinski definition) is 9. The van der Waals surface area contributed by atoms with E-state index < -0.39 is 41.8 Å². The van der Waals surface area contributed by atoms with Crippen molar-refractivity contribution >= 4 is 17.9 Å². The van der Waals surface area contributed by atoms with E-state index in [-0.39, 0.29) is 55.3 Å². The number of esters is 3. The van der Waals surface area contributed by atoms with Crippen molar-refractivity contribution in [2.45, 2.75) is 130 Å². The molecule has 0 amide bonds. The third-order valence-electron chi connectivity index (χ3n) is 7.95. The van der Waals surface area contributed by atoms with Gasteiger partial charge in [-0.15, -0.1) is 0 Å². The van der Waals surface area contributed by atoms with Gasteiger partial charge in [0.1, 0.15) is 23.9 Å². The maximum atomic E-state index is 12.9. The van der Waals surface area contributed by atoms with E-state index in [9.17, 15) is 24.6 Å². The molecule has 0 aromatic rings. The summed E-state index contributed by atoms with van der Waals surface area (Å²) in [5.41, 5.74) is -0.643. The van der Waals surface area contributed by atoms with Crippen LogP contribution in [0.2, 0.25) is 0 Å². The van der Waals surface area contributed by atoms with Crippen LogP contribution in [0.5, 0.6) is 0 Å². The van der Waals surface area contributed by atoms with E-state index in [4.69, 9.17) is 18.9 Å². The van der Waals surface area contributed by atoms with E-state index in [1.807, 2.05) is 39.8 Å². The Kier molecular flexibility index (Phi) is 13.3. The number of hydrogen-bond donors (Lipinski definition) is 2. The smallest absolute Gasteiger partial charge is 0.310 e. The van der Waals surface area contributed by atoms with Gasteiger partial charge in [0, 0.05) is 25.7 Å². The normalized spacial score (nSPS) is 34.4. The monoisotopic (exact) mass is 578 g/mol. The van der Waals surface area contributed by atoms with Gasteiger partial charge in [-0.3, -0.25) is 14.4 Å². The summed E-state index contributed by atoms with van der Waals surface area (Å²) in [6.07, 6.45) is 8.57. The van der Waals surface area contributed by atoms with Gasteiger partial charge in [0.15, 0.2) is 0 Å². The molecule has 2 aliphatic heterocycles. The topological polar surface area (TPSA) is 132 Å². The Morgan fingerprint density at radius 1 is 1.17 bits per heavy atom. The summed E-state index contributed by atoms with van der Waals surface area (Å²) in [4.78, 5) is 36.4. The number of rotatable bonds is 10.